The number of nitrogens with two attached hydrogens (primary N) is 1. The van der Waals surface area contributed by atoms with Crippen molar-refractivity contribution in [1.29, 1.82) is 0 Å². The second-order valence-electron chi connectivity index (χ2n) is 7.14. The van der Waals surface area contributed by atoms with Gasteiger partial charge in [-0.2, -0.15) is 4.98 Å². The van der Waals surface area contributed by atoms with Crippen LogP contribution in [0.3, 0.4) is 0 Å². The van der Waals surface area contributed by atoms with Gasteiger partial charge in [-0.3, -0.25) is 4.79 Å². The SMILES string of the molecule is CCO[C@H]1CC[C@@H](Nc2ncc(C(N)=O)c(N[C@H]3CCC[C@@H]3O)n2)CC1. The van der Waals surface area contributed by atoms with Gasteiger partial charge in [0.1, 0.15) is 5.82 Å². The van der Waals surface area contributed by atoms with Crippen LogP contribution in [0, 0.1) is 0 Å². The maximum Gasteiger partial charge on any atom is 0.254 e. The topological polar surface area (TPSA) is 122 Å². The summed E-state index contributed by atoms with van der Waals surface area (Å²) in [5.74, 6) is 0.289. The van der Waals surface area contributed by atoms with Crippen molar-refractivity contribution >= 4 is 17.7 Å². The van der Waals surface area contributed by atoms with Crippen LogP contribution in [0.2, 0.25) is 0 Å². The van der Waals surface area contributed by atoms with Crippen LogP contribution >= 0.6 is 0 Å². The largest absolute Gasteiger partial charge is 0.391 e. The minimum atomic E-state index is -0.580. The Morgan fingerprint density at radius 2 is 2.04 bits per heavy atom. The lowest BCUT2D eigenvalue weighted by Gasteiger charge is -2.29. The van der Waals surface area contributed by atoms with Crippen molar-refractivity contribution in [2.24, 2.45) is 5.73 Å². The smallest absolute Gasteiger partial charge is 0.254 e. The fourth-order valence-electron chi connectivity index (χ4n) is 3.82. The number of ether oxygens (including phenoxy) is 1. The van der Waals surface area contributed by atoms with Gasteiger partial charge in [0.25, 0.3) is 5.91 Å². The molecule has 2 fully saturated rings. The van der Waals surface area contributed by atoms with Crippen molar-refractivity contribution in [3.63, 3.8) is 0 Å². The van der Waals surface area contributed by atoms with Crippen molar-refractivity contribution in [3.8, 4) is 0 Å². The van der Waals surface area contributed by atoms with Gasteiger partial charge < -0.3 is 26.2 Å². The zero-order chi connectivity index (χ0) is 18.5. The van der Waals surface area contributed by atoms with E-state index >= 15 is 0 Å². The number of hydrogen-bond donors (Lipinski definition) is 4. The number of nitrogens with one attached hydrogen (secondary N) is 2. The highest BCUT2D eigenvalue weighted by atomic mass is 16.5. The van der Waals surface area contributed by atoms with Gasteiger partial charge in [0.2, 0.25) is 5.95 Å². The minimum absolute atomic E-state index is 0.113. The first-order valence-electron chi connectivity index (χ1n) is 9.56. The van der Waals surface area contributed by atoms with Crippen LogP contribution in [0.15, 0.2) is 6.20 Å². The second kappa shape index (κ2) is 8.64. The number of hydrogen-bond acceptors (Lipinski definition) is 7. The van der Waals surface area contributed by atoms with Crippen LogP contribution in [-0.4, -0.2) is 51.9 Å². The molecule has 0 aliphatic heterocycles. The van der Waals surface area contributed by atoms with Crippen LogP contribution in [0.4, 0.5) is 11.8 Å². The van der Waals surface area contributed by atoms with E-state index in [0.29, 0.717) is 17.9 Å². The van der Waals surface area contributed by atoms with E-state index in [2.05, 4.69) is 20.6 Å². The van der Waals surface area contributed by atoms with Gasteiger partial charge in [-0.25, -0.2) is 4.98 Å². The van der Waals surface area contributed by atoms with Gasteiger partial charge in [0, 0.05) is 18.8 Å². The normalized spacial score (nSPS) is 28.7. The Balaban J connectivity index is 1.66. The predicted octanol–water partition coefficient (Wildman–Crippen LogP) is 1.66. The molecule has 0 aromatic carbocycles. The molecule has 1 aromatic rings. The van der Waals surface area contributed by atoms with Crippen molar-refractivity contribution in [3.05, 3.63) is 11.8 Å². The molecule has 0 bridgehead atoms. The zero-order valence-electron chi connectivity index (χ0n) is 15.3. The molecule has 0 unspecified atom stereocenters. The van der Waals surface area contributed by atoms with Gasteiger partial charge in [-0.1, -0.05) is 0 Å². The van der Waals surface area contributed by atoms with Crippen molar-refractivity contribution in [1.82, 2.24) is 9.97 Å². The number of aromatic nitrogens is 2. The Labute approximate surface area is 153 Å². The number of primary amides is 1. The number of anilines is 2. The standard InChI is InChI=1S/C18H29N5O3/c1-2-26-12-8-6-11(7-9-12)21-18-20-10-13(16(19)25)17(23-18)22-14-4-3-5-15(14)24/h10-12,14-15,24H,2-9H2,1H3,(H2,19,25)(H2,20,21,22,23)/t11-,12+,14-,15-/m0/s1. The summed E-state index contributed by atoms with van der Waals surface area (Å²) >= 11 is 0. The van der Waals surface area contributed by atoms with E-state index in [1.54, 1.807) is 0 Å². The number of carbonyl (C=O) groups is 1. The molecule has 2 aliphatic rings. The highest BCUT2D eigenvalue weighted by Crippen LogP contribution is 2.26. The van der Waals surface area contributed by atoms with E-state index in [0.717, 1.165) is 51.6 Å². The highest BCUT2D eigenvalue weighted by Gasteiger charge is 2.27. The van der Waals surface area contributed by atoms with Crippen molar-refractivity contribution in [2.45, 2.75) is 76.2 Å². The molecule has 2 saturated carbocycles. The predicted molar refractivity (Wildman–Crippen MR) is 99.1 cm³/mol. The van der Waals surface area contributed by atoms with E-state index in [4.69, 9.17) is 10.5 Å². The number of amides is 1. The lowest BCUT2D eigenvalue weighted by atomic mass is 9.93. The summed E-state index contributed by atoms with van der Waals surface area (Å²) < 4.78 is 5.68. The second-order valence-corrected chi connectivity index (χ2v) is 7.14. The van der Waals surface area contributed by atoms with E-state index in [1.165, 1.54) is 6.20 Å². The van der Waals surface area contributed by atoms with Gasteiger partial charge in [-0.05, 0) is 51.9 Å². The minimum Gasteiger partial charge on any atom is -0.391 e. The van der Waals surface area contributed by atoms with E-state index in [9.17, 15) is 9.90 Å². The molecule has 3 rings (SSSR count). The Hall–Kier alpha value is -1.93. The van der Waals surface area contributed by atoms with E-state index in [1.807, 2.05) is 6.92 Å². The molecule has 8 heteroatoms. The van der Waals surface area contributed by atoms with Crippen molar-refractivity contribution < 1.29 is 14.6 Å². The van der Waals surface area contributed by atoms with Gasteiger partial charge in [0.05, 0.1) is 23.8 Å². The lowest BCUT2D eigenvalue weighted by Crippen LogP contribution is -2.32. The van der Waals surface area contributed by atoms with Crippen LogP contribution < -0.4 is 16.4 Å². The molecule has 0 radical (unpaired) electrons. The fraction of sp³-hybridized carbons (Fsp3) is 0.722. The molecule has 1 heterocycles. The molecule has 2 aliphatic carbocycles. The first-order chi connectivity index (χ1) is 12.6. The molecule has 8 nitrogen and oxygen atoms in total. The van der Waals surface area contributed by atoms with E-state index < -0.39 is 12.0 Å². The quantitative estimate of drug-likeness (QED) is 0.581. The number of aliphatic hydroxyl groups excluding tert-OH is 1. The average Bonchev–Trinajstić information content (AvgIpc) is 3.02. The van der Waals surface area contributed by atoms with Crippen LogP contribution in [0.5, 0.6) is 0 Å². The molecule has 26 heavy (non-hydrogen) atoms. The lowest BCUT2D eigenvalue weighted by molar-refractivity contribution is 0.0346. The highest BCUT2D eigenvalue weighted by molar-refractivity contribution is 5.97. The third-order valence-corrected chi connectivity index (χ3v) is 5.27. The monoisotopic (exact) mass is 363 g/mol. The Kier molecular flexibility index (Phi) is 6.26. The molecule has 0 saturated heterocycles. The number of carbonyl (C=O) groups excluding carboxylic acids is 1. The maximum atomic E-state index is 11.7. The average molecular weight is 363 g/mol. The number of aliphatic hydroxyl groups is 1. The first kappa shape index (κ1) is 18.8. The zero-order valence-corrected chi connectivity index (χ0v) is 15.3. The first-order valence-corrected chi connectivity index (χ1v) is 9.56. The molecule has 2 atom stereocenters. The molecule has 0 spiro atoms. The van der Waals surface area contributed by atoms with Crippen LogP contribution in [0.25, 0.3) is 0 Å². The Morgan fingerprint density at radius 1 is 1.27 bits per heavy atom. The van der Waals surface area contributed by atoms with Gasteiger partial charge >= 0.3 is 0 Å². The molecule has 1 aromatic heterocycles. The molecule has 5 N–H and O–H groups in total. The van der Waals surface area contributed by atoms with E-state index in [-0.39, 0.29) is 17.6 Å². The van der Waals surface area contributed by atoms with Crippen LogP contribution in [0.1, 0.15) is 62.2 Å². The molecular formula is C18H29N5O3. The summed E-state index contributed by atoms with van der Waals surface area (Å²) in [6.07, 6.45) is 7.93. The fourth-order valence-corrected chi connectivity index (χ4v) is 3.82. The summed E-state index contributed by atoms with van der Waals surface area (Å²) in [4.78, 5) is 20.4. The summed E-state index contributed by atoms with van der Waals surface area (Å²) in [5, 5.41) is 16.6. The summed E-state index contributed by atoms with van der Waals surface area (Å²) in [5.41, 5.74) is 5.69. The Morgan fingerprint density at radius 3 is 2.65 bits per heavy atom. The maximum absolute atomic E-state index is 11.7. The van der Waals surface area contributed by atoms with Crippen molar-refractivity contribution in [2.75, 3.05) is 17.2 Å². The van der Waals surface area contributed by atoms with Gasteiger partial charge in [0.15, 0.2) is 0 Å². The van der Waals surface area contributed by atoms with Crippen LogP contribution in [-0.2, 0) is 4.74 Å². The summed E-state index contributed by atoms with van der Waals surface area (Å²) in [6, 6.07) is 0.175. The molecular weight excluding hydrogens is 334 g/mol. The summed E-state index contributed by atoms with van der Waals surface area (Å²) in [6.45, 7) is 2.77. The molecule has 144 valence electrons. The number of rotatable bonds is 7. The van der Waals surface area contributed by atoms with Gasteiger partial charge in [-0.15, -0.1) is 0 Å². The Bertz CT molecular complexity index is 619. The third-order valence-electron chi connectivity index (χ3n) is 5.27. The third kappa shape index (κ3) is 4.62. The molecule has 1 amide bonds. The number of nitrogens with zero attached hydrogens (tertiary/aromatic N) is 2. The summed E-state index contributed by atoms with van der Waals surface area (Å²) in [7, 11) is 0.